The standard InChI is InChI=1S/C18H15IO3Si/c19-23(20-16-10-4-1-5-11-16,21-17-12-6-2-7-13-17)22-18-14-8-3-9-15-18/h1-15H. The Balaban J connectivity index is 1.85. The summed E-state index contributed by atoms with van der Waals surface area (Å²) in [4.78, 5) is 0. The van der Waals surface area contributed by atoms with Gasteiger partial charge in [-0.2, -0.15) is 0 Å². The summed E-state index contributed by atoms with van der Waals surface area (Å²) in [6.07, 6.45) is -3.00. The molecule has 0 N–H and O–H groups in total. The lowest BCUT2D eigenvalue weighted by Crippen LogP contribution is -2.48. The lowest BCUT2D eigenvalue weighted by molar-refractivity contribution is 0.301. The normalized spacial score (nSPS) is 10.8. The van der Waals surface area contributed by atoms with E-state index in [4.69, 9.17) is 13.3 Å². The summed E-state index contributed by atoms with van der Waals surface area (Å²) in [6.45, 7) is 0. The first-order chi connectivity index (χ1) is 11.2. The van der Waals surface area contributed by atoms with Crippen LogP contribution in [0.25, 0.3) is 0 Å². The third-order valence-electron chi connectivity index (χ3n) is 2.95. The molecule has 116 valence electrons. The van der Waals surface area contributed by atoms with Crippen molar-refractivity contribution in [2.24, 2.45) is 0 Å². The molecule has 3 aromatic carbocycles. The molecule has 0 aliphatic carbocycles. The van der Waals surface area contributed by atoms with Crippen molar-refractivity contribution in [1.82, 2.24) is 0 Å². The van der Waals surface area contributed by atoms with E-state index in [0.717, 1.165) is 17.2 Å². The van der Waals surface area contributed by atoms with Crippen LogP contribution in [0.15, 0.2) is 91.0 Å². The average Bonchev–Trinajstić information content (AvgIpc) is 2.57. The van der Waals surface area contributed by atoms with Gasteiger partial charge in [0.25, 0.3) is 0 Å². The largest absolute Gasteiger partial charge is 0.770 e. The van der Waals surface area contributed by atoms with Crippen LogP contribution in [-0.2, 0) is 0 Å². The van der Waals surface area contributed by atoms with Crippen LogP contribution in [0.5, 0.6) is 17.2 Å². The molecule has 0 saturated carbocycles. The fraction of sp³-hybridized carbons (Fsp3) is 0. The second kappa shape index (κ2) is 7.52. The van der Waals surface area contributed by atoms with Crippen LogP contribution >= 0.6 is 21.8 Å². The molecule has 0 spiro atoms. The Morgan fingerprint density at radius 3 is 1.00 bits per heavy atom. The number of hydrogen-bond acceptors (Lipinski definition) is 3. The molecule has 0 radical (unpaired) electrons. The highest BCUT2D eigenvalue weighted by molar-refractivity contribution is 14.1. The maximum absolute atomic E-state index is 6.09. The topological polar surface area (TPSA) is 27.7 Å². The van der Waals surface area contributed by atoms with Gasteiger partial charge in [-0.3, -0.25) is 0 Å². The van der Waals surface area contributed by atoms with Gasteiger partial charge < -0.3 is 13.3 Å². The Labute approximate surface area is 149 Å². The molecule has 3 nitrogen and oxygen atoms in total. The van der Waals surface area contributed by atoms with Gasteiger partial charge in [0, 0.05) is 21.8 Å². The van der Waals surface area contributed by atoms with Crippen molar-refractivity contribution < 1.29 is 13.3 Å². The fourth-order valence-electron chi connectivity index (χ4n) is 1.95. The number of para-hydroxylation sites is 3. The summed E-state index contributed by atoms with van der Waals surface area (Å²) in [5.74, 6) is 2.17. The van der Waals surface area contributed by atoms with Crippen LogP contribution in [0.1, 0.15) is 0 Å². The zero-order chi connectivity index (χ0) is 16.0. The predicted octanol–water partition coefficient (Wildman–Crippen LogP) is 5.09. The van der Waals surface area contributed by atoms with Gasteiger partial charge in [0.05, 0.1) is 0 Å². The van der Waals surface area contributed by atoms with Crippen molar-refractivity contribution in [2.45, 2.75) is 0 Å². The van der Waals surface area contributed by atoms with Crippen molar-refractivity contribution in [1.29, 1.82) is 0 Å². The van der Waals surface area contributed by atoms with E-state index in [1.165, 1.54) is 0 Å². The molecule has 0 amide bonds. The molecule has 3 rings (SSSR count). The van der Waals surface area contributed by atoms with Gasteiger partial charge in [-0.05, 0) is 36.4 Å². The molecule has 0 aliphatic heterocycles. The Bertz CT molecular complexity index is 622. The maximum atomic E-state index is 6.09. The zero-order valence-electron chi connectivity index (χ0n) is 12.3. The number of benzene rings is 3. The first-order valence-electron chi connectivity index (χ1n) is 7.15. The molecule has 0 saturated heterocycles. The summed E-state index contributed by atoms with van der Waals surface area (Å²) in [5.41, 5.74) is 0. The van der Waals surface area contributed by atoms with Crippen LogP contribution in [0.2, 0.25) is 0 Å². The highest BCUT2D eigenvalue weighted by Crippen LogP contribution is 2.27. The van der Waals surface area contributed by atoms with E-state index in [0.29, 0.717) is 0 Å². The first kappa shape index (κ1) is 15.9. The highest BCUT2D eigenvalue weighted by atomic mass is 127. The predicted molar refractivity (Wildman–Crippen MR) is 101 cm³/mol. The lowest BCUT2D eigenvalue weighted by Gasteiger charge is -2.25. The summed E-state index contributed by atoms with van der Waals surface area (Å²) >= 11 is 2.16. The van der Waals surface area contributed by atoms with E-state index >= 15 is 0 Å². The zero-order valence-corrected chi connectivity index (χ0v) is 15.4. The monoisotopic (exact) mass is 434 g/mol. The van der Waals surface area contributed by atoms with Crippen LogP contribution in [0, 0.1) is 0 Å². The Kier molecular flexibility index (Phi) is 5.19. The molecule has 3 aromatic rings. The molecular formula is C18H15IO3Si. The first-order valence-corrected chi connectivity index (χ1v) is 12.0. The average molecular weight is 434 g/mol. The molecule has 0 aliphatic rings. The van der Waals surface area contributed by atoms with Gasteiger partial charge in [0.2, 0.25) is 0 Å². The van der Waals surface area contributed by atoms with Crippen molar-refractivity contribution >= 4 is 28.1 Å². The van der Waals surface area contributed by atoms with Crippen LogP contribution in [0.3, 0.4) is 0 Å². The van der Waals surface area contributed by atoms with Crippen molar-refractivity contribution in [3.63, 3.8) is 0 Å². The maximum Gasteiger partial charge on any atom is 0.770 e. The second-order valence-electron chi connectivity index (χ2n) is 4.73. The second-order valence-corrected chi connectivity index (χ2v) is 10.3. The van der Waals surface area contributed by atoms with E-state index in [9.17, 15) is 0 Å². The molecule has 0 atom stereocenters. The van der Waals surface area contributed by atoms with Gasteiger partial charge >= 0.3 is 6.30 Å². The fourth-order valence-corrected chi connectivity index (χ4v) is 5.62. The van der Waals surface area contributed by atoms with Crippen molar-refractivity contribution in [3.05, 3.63) is 91.0 Å². The van der Waals surface area contributed by atoms with Gasteiger partial charge in [-0.25, -0.2) is 0 Å². The van der Waals surface area contributed by atoms with Gasteiger partial charge in [-0.1, -0.05) is 54.6 Å². The third-order valence-corrected chi connectivity index (χ3v) is 6.37. The molecular weight excluding hydrogens is 419 g/mol. The molecule has 23 heavy (non-hydrogen) atoms. The smallest absolute Gasteiger partial charge is 0.476 e. The molecule has 5 heteroatoms. The molecule has 0 heterocycles. The SMILES string of the molecule is I[Si](Oc1ccccc1)(Oc1ccccc1)Oc1ccccc1. The van der Waals surface area contributed by atoms with E-state index < -0.39 is 6.30 Å². The lowest BCUT2D eigenvalue weighted by atomic mass is 10.3. The number of rotatable bonds is 6. The van der Waals surface area contributed by atoms with Crippen molar-refractivity contribution in [3.8, 4) is 17.2 Å². The Morgan fingerprint density at radius 2 is 0.739 bits per heavy atom. The van der Waals surface area contributed by atoms with E-state index in [1.54, 1.807) is 0 Å². The minimum Gasteiger partial charge on any atom is -0.476 e. The molecule has 0 unspecified atom stereocenters. The summed E-state index contributed by atoms with van der Waals surface area (Å²) in [6, 6.07) is 28.7. The minimum atomic E-state index is -3.00. The third kappa shape index (κ3) is 4.74. The van der Waals surface area contributed by atoms with Crippen LogP contribution < -0.4 is 13.3 Å². The van der Waals surface area contributed by atoms with Gasteiger partial charge in [0.15, 0.2) is 0 Å². The van der Waals surface area contributed by atoms with Crippen LogP contribution in [-0.4, -0.2) is 6.30 Å². The quantitative estimate of drug-likeness (QED) is 0.307. The summed E-state index contributed by atoms with van der Waals surface area (Å²) in [7, 11) is 0. The van der Waals surface area contributed by atoms with Gasteiger partial charge in [-0.15, -0.1) is 0 Å². The molecule has 0 fully saturated rings. The van der Waals surface area contributed by atoms with E-state index in [-0.39, 0.29) is 0 Å². The highest BCUT2D eigenvalue weighted by Gasteiger charge is 2.46. The minimum absolute atomic E-state index is 0.723. The van der Waals surface area contributed by atoms with Crippen LogP contribution in [0.4, 0.5) is 0 Å². The Hall–Kier alpha value is -1.99. The Morgan fingerprint density at radius 1 is 0.478 bits per heavy atom. The molecule has 0 aromatic heterocycles. The van der Waals surface area contributed by atoms with Crippen molar-refractivity contribution in [2.75, 3.05) is 0 Å². The summed E-state index contributed by atoms with van der Waals surface area (Å²) < 4.78 is 18.3. The van der Waals surface area contributed by atoms with E-state index in [2.05, 4.69) is 21.8 Å². The summed E-state index contributed by atoms with van der Waals surface area (Å²) in [5, 5.41) is 0. The number of hydrogen-bond donors (Lipinski definition) is 0. The molecule has 0 bridgehead atoms. The van der Waals surface area contributed by atoms with Gasteiger partial charge in [0.1, 0.15) is 17.2 Å². The van der Waals surface area contributed by atoms with E-state index in [1.807, 2.05) is 91.0 Å². The number of halogens is 1.